The highest BCUT2D eigenvalue weighted by Crippen LogP contribution is 2.18. The van der Waals surface area contributed by atoms with Gasteiger partial charge >= 0.3 is 0 Å². The number of benzene rings is 1. The van der Waals surface area contributed by atoms with Crippen LogP contribution in [0.3, 0.4) is 0 Å². The summed E-state index contributed by atoms with van der Waals surface area (Å²) in [6.07, 6.45) is 4.34. The molecule has 0 saturated carbocycles. The molecule has 4 nitrogen and oxygen atoms in total. The zero-order valence-corrected chi connectivity index (χ0v) is 11.8. The van der Waals surface area contributed by atoms with Crippen molar-refractivity contribution in [2.45, 2.75) is 37.8 Å². The molecule has 0 spiro atoms. The van der Waals surface area contributed by atoms with Gasteiger partial charge < -0.3 is 15.5 Å². The zero-order valence-electron chi connectivity index (χ0n) is 11.8. The van der Waals surface area contributed by atoms with Crippen molar-refractivity contribution >= 4 is 11.6 Å². The number of likely N-dealkylation sites (tertiary alicyclic amines) is 1. The first-order valence-electron chi connectivity index (χ1n) is 7.67. The Balaban J connectivity index is 1.57. The predicted molar refractivity (Wildman–Crippen MR) is 80.7 cm³/mol. The van der Waals surface area contributed by atoms with Gasteiger partial charge in [-0.3, -0.25) is 4.79 Å². The van der Waals surface area contributed by atoms with E-state index in [0.29, 0.717) is 11.9 Å². The maximum atomic E-state index is 12.4. The van der Waals surface area contributed by atoms with Gasteiger partial charge in [0, 0.05) is 24.8 Å². The van der Waals surface area contributed by atoms with Crippen molar-refractivity contribution in [3.63, 3.8) is 0 Å². The third-order valence-electron chi connectivity index (χ3n) is 4.24. The minimum Gasteiger partial charge on any atom is -0.381 e. The SMILES string of the molecule is O=C(C1CCCN1)N1CCCC(Nc2ccccc2)C1. The molecule has 108 valence electrons. The Morgan fingerprint density at radius 2 is 2.05 bits per heavy atom. The first-order valence-corrected chi connectivity index (χ1v) is 7.67. The fourth-order valence-electron chi connectivity index (χ4n) is 3.18. The number of piperidine rings is 1. The van der Waals surface area contributed by atoms with Gasteiger partial charge in [-0.15, -0.1) is 0 Å². The van der Waals surface area contributed by atoms with Gasteiger partial charge in [-0.25, -0.2) is 0 Å². The summed E-state index contributed by atoms with van der Waals surface area (Å²) in [5.41, 5.74) is 1.14. The molecule has 1 aromatic carbocycles. The molecule has 0 aliphatic carbocycles. The number of hydrogen-bond donors (Lipinski definition) is 2. The monoisotopic (exact) mass is 273 g/mol. The lowest BCUT2D eigenvalue weighted by molar-refractivity contribution is -0.134. The molecule has 3 rings (SSSR count). The van der Waals surface area contributed by atoms with Crippen LogP contribution in [0.2, 0.25) is 0 Å². The first kappa shape index (κ1) is 13.4. The van der Waals surface area contributed by atoms with Crippen LogP contribution in [0.15, 0.2) is 30.3 Å². The van der Waals surface area contributed by atoms with E-state index in [0.717, 1.165) is 51.0 Å². The molecule has 2 N–H and O–H groups in total. The molecule has 2 saturated heterocycles. The Kier molecular flexibility index (Phi) is 4.21. The molecule has 1 aromatic rings. The average Bonchev–Trinajstić information content (AvgIpc) is 3.02. The second-order valence-electron chi connectivity index (χ2n) is 5.78. The normalized spacial score (nSPS) is 26.5. The lowest BCUT2D eigenvalue weighted by Crippen LogP contribution is -2.50. The quantitative estimate of drug-likeness (QED) is 0.883. The third kappa shape index (κ3) is 3.12. The maximum absolute atomic E-state index is 12.4. The van der Waals surface area contributed by atoms with Crippen molar-refractivity contribution < 1.29 is 4.79 Å². The van der Waals surface area contributed by atoms with Crippen molar-refractivity contribution in [1.82, 2.24) is 10.2 Å². The average molecular weight is 273 g/mol. The number of amides is 1. The van der Waals surface area contributed by atoms with E-state index < -0.39 is 0 Å². The molecule has 2 fully saturated rings. The van der Waals surface area contributed by atoms with Crippen LogP contribution in [0, 0.1) is 0 Å². The molecule has 2 aliphatic rings. The van der Waals surface area contributed by atoms with Crippen molar-refractivity contribution in [3.05, 3.63) is 30.3 Å². The van der Waals surface area contributed by atoms with Crippen LogP contribution >= 0.6 is 0 Å². The maximum Gasteiger partial charge on any atom is 0.239 e. The van der Waals surface area contributed by atoms with Gasteiger partial charge in [-0.2, -0.15) is 0 Å². The van der Waals surface area contributed by atoms with Gasteiger partial charge in [0.25, 0.3) is 0 Å². The van der Waals surface area contributed by atoms with Crippen LogP contribution in [0.25, 0.3) is 0 Å². The van der Waals surface area contributed by atoms with Crippen molar-refractivity contribution in [2.24, 2.45) is 0 Å². The summed E-state index contributed by atoms with van der Waals surface area (Å²) in [6, 6.07) is 10.7. The summed E-state index contributed by atoms with van der Waals surface area (Å²) in [5, 5.41) is 6.85. The van der Waals surface area contributed by atoms with Crippen LogP contribution in [-0.2, 0) is 4.79 Å². The fraction of sp³-hybridized carbons (Fsp3) is 0.562. The molecular formula is C16H23N3O. The molecule has 2 aliphatic heterocycles. The largest absolute Gasteiger partial charge is 0.381 e. The summed E-state index contributed by atoms with van der Waals surface area (Å²) >= 11 is 0. The van der Waals surface area contributed by atoms with Gasteiger partial charge in [0.05, 0.1) is 6.04 Å². The Morgan fingerprint density at radius 3 is 2.80 bits per heavy atom. The van der Waals surface area contributed by atoms with E-state index in [1.54, 1.807) is 0 Å². The third-order valence-corrected chi connectivity index (χ3v) is 4.24. The highest BCUT2D eigenvalue weighted by atomic mass is 16.2. The predicted octanol–water partition coefficient (Wildman–Crippen LogP) is 1.84. The summed E-state index contributed by atoms with van der Waals surface area (Å²) < 4.78 is 0. The van der Waals surface area contributed by atoms with Gasteiger partial charge in [0.15, 0.2) is 0 Å². The first-order chi connectivity index (χ1) is 9.83. The molecule has 0 aromatic heterocycles. The fourth-order valence-corrected chi connectivity index (χ4v) is 3.18. The number of para-hydroxylation sites is 1. The number of anilines is 1. The van der Waals surface area contributed by atoms with E-state index in [1.165, 1.54) is 0 Å². The standard InChI is InChI=1S/C16H23N3O/c20-16(15-9-4-10-17-15)19-11-5-8-14(12-19)18-13-6-2-1-3-7-13/h1-3,6-7,14-15,17-18H,4-5,8-12H2. The molecule has 0 bridgehead atoms. The molecule has 1 amide bonds. The van der Waals surface area contributed by atoms with Crippen molar-refractivity contribution in [2.75, 3.05) is 25.0 Å². The molecule has 0 radical (unpaired) electrons. The van der Waals surface area contributed by atoms with E-state index in [1.807, 2.05) is 23.1 Å². The van der Waals surface area contributed by atoms with Gasteiger partial charge in [-0.05, 0) is 44.4 Å². The van der Waals surface area contributed by atoms with Crippen LogP contribution in [0.1, 0.15) is 25.7 Å². The van der Waals surface area contributed by atoms with Crippen LogP contribution in [0.5, 0.6) is 0 Å². The van der Waals surface area contributed by atoms with E-state index in [9.17, 15) is 4.79 Å². The Bertz CT molecular complexity index is 442. The smallest absolute Gasteiger partial charge is 0.239 e. The number of nitrogens with zero attached hydrogens (tertiary/aromatic N) is 1. The molecule has 4 heteroatoms. The topological polar surface area (TPSA) is 44.4 Å². The number of hydrogen-bond acceptors (Lipinski definition) is 3. The van der Waals surface area contributed by atoms with Crippen molar-refractivity contribution in [3.8, 4) is 0 Å². The van der Waals surface area contributed by atoms with Crippen LogP contribution in [0.4, 0.5) is 5.69 Å². The second kappa shape index (κ2) is 6.27. The molecule has 2 atom stereocenters. The highest BCUT2D eigenvalue weighted by molar-refractivity contribution is 5.82. The Labute approximate surface area is 120 Å². The van der Waals surface area contributed by atoms with Crippen LogP contribution in [-0.4, -0.2) is 42.5 Å². The van der Waals surface area contributed by atoms with Crippen molar-refractivity contribution in [1.29, 1.82) is 0 Å². The lowest BCUT2D eigenvalue weighted by Gasteiger charge is -2.35. The summed E-state index contributed by atoms with van der Waals surface area (Å²) in [6.45, 7) is 2.71. The van der Waals surface area contributed by atoms with E-state index in [2.05, 4.69) is 22.8 Å². The number of carbonyl (C=O) groups is 1. The van der Waals surface area contributed by atoms with Gasteiger partial charge in [0.2, 0.25) is 5.91 Å². The number of nitrogens with one attached hydrogen (secondary N) is 2. The summed E-state index contributed by atoms with van der Waals surface area (Å²) in [4.78, 5) is 14.5. The summed E-state index contributed by atoms with van der Waals surface area (Å²) in [7, 11) is 0. The van der Waals surface area contributed by atoms with E-state index in [-0.39, 0.29) is 6.04 Å². The van der Waals surface area contributed by atoms with Gasteiger partial charge in [-0.1, -0.05) is 18.2 Å². The minimum absolute atomic E-state index is 0.0606. The van der Waals surface area contributed by atoms with E-state index in [4.69, 9.17) is 0 Å². The lowest BCUT2D eigenvalue weighted by atomic mass is 10.0. The molecular weight excluding hydrogens is 250 g/mol. The van der Waals surface area contributed by atoms with Gasteiger partial charge in [0.1, 0.15) is 0 Å². The van der Waals surface area contributed by atoms with E-state index >= 15 is 0 Å². The summed E-state index contributed by atoms with van der Waals surface area (Å²) in [5.74, 6) is 0.294. The Morgan fingerprint density at radius 1 is 1.20 bits per heavy atom. The number of carbonyl (C=O) groups excluding carboxylic acids is 1. The number of rotatable bonds is 3. The molecule has 20 heavy (non-hydrogen) atoms. The highest BCUT2D eigenvalue weighted by Gasteiger charge is 2.30. The second-order valence-corrected chi connectivity index (χ2v) is 5.78. The Hall–Kier alpha value is -1.55. The zero-order chi connectivity index (χ0) is 13.8. The minimum atomic E-state index is 0.0606. The molecule has 2 heterocycles. The molecule has 2 unspecified atom stereocenters. The van der Waals surface area contributed by atoms with Crippen LogP contribution < -0.4 is 10.6 Å².